The maximum Gasteiger partial charge on any atom is 0.272 e. The Kier molecular flexibility index (Phi) is 6.48. The van der Waals surface area contributed by atoms with Crippen LogP contribution < -0.4 is 10.1 Å². The van der Waals surface area contributed by atoms with Crippen LogP contribution in [0.4, 0.5) is 11.4 Å². The second-order valence-electron chi connectivity index (χ2n) is 6.80. The number of hydrogen-bond donors (Lipinski definition) is 2. The van der Waals surface area contributed by atoms with Crippen molar-refractivity contribution < 1.29 is 24.4 Å². The van der Waals surface area contributed by atoms with Crippen LogP contribution in [0, 0.1) is 17.0 Å². The van der Waals surface area contributed by atoms with Gasteiger partial charge in [0.1, 0.15) is 18.1 Å². The number of ether oxygens (including phenoxy) is 1. The van der Waals surface area contributed by atoms with Crippen molar-refractivity contribution in [1.29, 1.82) is 0 Å². The molecule has 0 heterocycles. The summed E-state index contributed by atoms with van der Waals surface area (Å²) in [5, 5.41) is 23.8. The highest BCUT2D eigenvalue weighted by Gasteiger charge is 2.31. The summed E-state index contributed by atoms with van der Waals surface area (Å²) in [5.41, 5.74) is -0.307. The van der Waals surface area contributed by atoms with Gasteiger partial charge in [-0.3, -0.25) is 19.7 Å². The number of nitro groups is 1. The zero-order chi connectivity index (χ0) is 20.9. The molecule has 1 amide bonds. The maximum absolute atomic E-state index is 12.3. The van der Waals surface area contributed by atoms with Gasteiger partial charge in [-0.25, -0.2) is 0 Å². The van der Waals surface area contributed by atoms with Crippen LogP contribution in [0.3, 0.4) is 0 Å². The first kappa shape index (κ1) is 21.0. The number of nitro benzene ring substituents is 1. The molecule has 0 unspecified atom stereocenters. The molecule has 148 valence electrons. The molecule has 0 aromatic heterocycles. The minimum atomic E-state index is -1.83. The summed E-state index contributed by atoms with van der Waals surface area (Å²) < 4.78 is 5.48. The van der Waals surface area contributed by atoms with Gasteiger partial charge in [0.15, 0.2) is 5.60 Å². The SMILES string of the molecule is CC(=O)Cc1ccc(OC[C@](C)(O)C(=O)Nc2ccc([N+](=O)[O-])c(C)c2)cc1. The van der Waals surface area contributed by atoms with Gasteiger partial charge < -0.3 is 15.2 Å². The third kappa shape index (κ3) is 5.62. The third-order valence-corrected chi connectivity index (χ3v) is 4.04. The van der Waals surface area contributed by atoms with Crippen LogP contribution in [0.15, 0.2) is 42.5 Å². The lowest BCUT2D eigenvalue weighted by Gasteiger charge is -2.22. The topological polar surface area (TPSA) is 119 Å². The largest absolute Gasteiger partial charge is 0.490 e. The summed E-state index contributed by atoms with van der Waals surface area (Å²) in [6.07, 6.45) is 0.328. The van der Waals surface area contributed by atoms with E-state index in [1.54, 1.807) is 31.2 Å². The van der Waals surface area contributed by atoms with Crippen LogP contribution in [-0.2, 0) is 16.0 Å². The molecule has 8 heteroatoms. The number of carbonyl (C=O) groups is 2. The van der Waals surface area contributed by atoms with Gasteiger partial charge in [0.25, 0.3) is 11.6 Å². The number of hydrogen-bond acceptors (Lipinski definition) is 6. The van der Waals surface area contributed by atoms with Gasteiger partial charge in [-0.2, -0.15) is 0 Å². The number of nitrogens with one attached hydrogen (secondary N) is 1. The Balaban J connectivity index is 1.98. The number of aliphatic hydroxyl groups is 1. The van der Waals surface area contributed by atoms with Crippen molar-refractivity contribution in [3.8, 4) is 5.75 Å². The van der Waals surface area contributed by atoms with Gasteiger partial charge in [-0.15, -0.1) is 0 Å². The molecule has 2 rings (SSSR count). The standard InChI is InChI=1S/C20H22N2O6/c1-13-10-16(6-9-18(13)22(26)27)21-19(24)20(3,25)12-28-17-7-4-15(5-8-17)11-14(2)23/h4-10,25H,11-12H2,1-3H3,(H,21,24)/t20-/m0/s1. The summed E-state index contributed by atoms with van der Waals surface area (Å²) in [5.74, 6) is -0.199. The molecule has 2 aromatic rings. The van der Waals surface area contributed by atoms with Gasteiger partial charge in [0, 0.05) is 23.7 Å². The fourth-order valence-electron chi connectivity index (χ4n) is 2.48. The molecule has 8 nitrogen and oxygen atoms in total. The summed E-state index contributed by atoms with van der Waals surface area (Å²) in [4.78, 5) is 33.8. The number of amides is 1. The molecule has 0 spiro atoms. The molecule has 1 atom stereocenters. The first-order chi connectivity index (χ1) is 13.1. The molecule has 0 aliphatic heterocycles. The Morgan fingerprint density at radius 2 is 1.86 bits per heavy atom. The quantitative estimate of drug-likeness (QED) is 0.532. The van der Waals surface area contributed by atoms with E-state index in [1.165, 1.54) is 32.0 Å². The van der Waals surface area contributed by atoms with Crippen LogP contribution in [0.2, 0.25) is 0 Å². The summed E-state index contributed by atoms with van der Waals surface area (Å²) in [6.45, 7) is 4.08. The molecule has 0 radical (unpaired) electrons. The Morgan fingerprint density at radius 3 is 2.39 bits per heavy atom. The fourth-order valence-corrected chi connectivity index (χ4v) is 2.48. The molecule has 0 fully saturated rings. The maximum atomic E-state index is 12.3. The van der Waals surface area contributed by atoms with E-state index in [0.29, 0.717) is 23.4 Å². The van der Waals surface area contributed by atoms with E-state index >= 15 is 0 Å². The molecule has 0 saturated heterocycles. The third-order valence-electron chi connectivity index (χ3n) is 4.04. The molecule has 0 bridgehead atoms. The minimum absolute atomic E-state index is 0.0507. The highest BCUT2D eigenvalue weighted by atomic mass is 16.6. The fraction of sp³-hybridized carbons (Fsp3) is 0.300. The van der Waals surface area contributed by atoms with Gasteiger partial charge in [0.2, 0.25) is 0 Å². The Labute approximate surface area is 162 Å². The predicted molar refractivity (Wildman–Crippen MR) is 103 cm³/mol. The second-order valence-corrected chi connectivity index (χ2v) is 6.80. The molecule has 0 aliphatic carbocycles. The first-order valence-corrected chi connectivity index (χ1v) is 8.58. The van der Waals surface area contributed by atoms with Crippen molar-refractivity contribution in [1.82, 2.24) is 0 Å². The zero-order valence-electron chi connectivity index (χ0n) is 15.9. The number of ketones is 1. The van der Waals surface area contributed by atoms with Crippen molar-refractivity contribution in [3.05, 3.63) is 63.7 Å². The van der Waals surface area contributed by atoms with Crippen LogP contribution in [-0.4, -0.2) is 33.9 Å². The van der Waals surface area contributed by atoms with Crippen LogP contribution in [0.25, 0.3) is 0 Å². The van der Waals surface area contributed by atoms with Crippen molar-refractivity contribution >= 4 is 23.1 Å². The van der Waals surface area contributed by atoms with Crippen LogP contribution in [0.1, 0.15) is 25.0 Å². The average molecular weight is 386 g/mol. The van der Waals surface area contributed by atoms with Gasteiger partial charge >= 0.3 is 0 Å². The van der Waals surface area contributed by atoms with Gasteiger partial charge in [-0.1, -0.05) is 12.1 Å². The lowest BCUT2D eigenvalue weighted by molar-refractivity contribution is -0.385. The Morgan fingerprint density at radius 1 is 1.21 bits per heavy atom. The van der Waals surface area contributed by atoms with Crippen molar-refractivity contribution in [2.24, 2.45) is 0 Å². The van der Waals surface area contributed by atoms with Crippen molar-refractivity contribution in [2.75, 3.05) is 11.9 Å². The molecule has 0 aliphatic rings. The van der Waals surface area contributed by atoms with E-state index < -0.39 is 16.4 Å². The Hall–Kier alpha value is -3.26. The van der Waals surface area contributed by atoms with E-state index in [2.05, 4.69) is 5.32 Å². The summed E-state index contributed by atoms with van der Waals surface area (Å²) in [6, 6.07) is 10.9. The molecule has 28 heavy (non-hydrogen) atoms. The lowest BCUT2D eigenvalue weighted by Crippen LogP contribution is -2.45. The molecular formula is C20H22N2O6. The van der Waals surface area contributed by atoms with E-state index in [4.69, 9.17) is 4.74 Å². The second kappa shape index (κ2) is 8.62. The average Bonchev–Trinajstić information content (AvgIpc) is 2.60. The number of aryl methyl sites for hydroxylation is 1. The van der Waals surface area contributed by atoms with Crippen LogP contribution >= 0.6 is 0 Å². The number of anilines is 1. The van der Waals surface area contributed by atoms with E-state index in [1.807, 2.05) is 0 Å². The lowest BCUT2D eigenvalue weighted by atomic mass is 10.1. The summed E-state index contributed by atoms with van der Waals surface area (Å²) in [7, 11) is 0. The normalized spacial score (nSPS) is 12.7. The van der Waals surface area contributed by atoms with E-state index in [9.17, 15) is 24.8 Å². The van der Waals surface area contributed by atoms with Gasteiger partial charge in [-0.05, 0) is 50.6 Å². The minimum Gasteiger partial charge on any atom is -0.490 e. The number of nitrogens with zero attached hydrogens (tertiary/aromatic N) is 1. The van der Waals surface area contributed by atoms with E-state index in [-0.39, 0.29) is 18.1 Å². The number of rotatable bonds is 8. The zero-order valence-corrected chi connectivity index (χ0v) is 15.9. The first-order valence-electron chi connectivity index (χ1n) is 8.58. The molecule has 0 saturated carbocycles. The smallest absolute Gasteiger partial charge is 0.272 e. The van der Waals surface area contributed by atoms with E-state index in [0.717, 1.165) is 5.56 Å². The number of Topliss-reactive ketones (excluding diaryl/α,β-unsaturated/α-hetero) is 1. The predicted octanol–water partition coefficient (Wildman–Crippen LogP) is 2.80. The summed E-state index contributed by atoms with van der Waals surface area (Å²) >= 11 is 0. The molecule has 2 aromatic carbocycles. The highest BCUT2D eigenvalue weighted by molar-refractivity contribution is 5.97. The van der Waals surface area contributed by atoms with Crippen molar-refractivity contribution in [2.45, 2.75) is 32.8 Å². The Bertz CT molecular complexity index is 890. The molecule has 2 N–H and O–H groups in total. The van der Waals surface area contributed by atoms with Crippen molar-refractivity contribution in [3.63, 3.8) is 0 Å². The van der Waals surface area contributed by atoms with Crippen LogP contribution in [0.5, 0.6) is 5.75 Å². The molecular weight excluding hydrogens is 364 g/mol. The number of carbonyl (C=O) groups excluding carboxylic acids is 2. The van der Waals surface area contributed by atoms with Gasteiger partial charge in [0.05, 0.1) is 4.92 Å². The monoisotopic (exact) mass is 386 g/mol. The number of benzene rings is 2. The highest BCUT2D eigenvalue weighted by Crippen LogP contribution is 2.22.